The van der Waals surface area contributed by atoms with Gasteiger partial charge < -0.3 is 14.8 Å². The number of benzene rings is 1. The summed E-state index contributed by atoms with van der Waals surface area (Å²) in [7, 11) is -1.04. The summed E-state index contributed by atoms with van der Waals surface area (Å²) in [5.41, 5.74) is 1.46. The Morgan fingerprint density at radius 2 is 1.25 bits per heavy atom. The van der Waals surface area contributed by atoms with Gasteiger partial charge in [-0.3, -0.25) is 0 Å². The van der Waals surface area contributed by atoms with Gasteiger partial charge in [-0.1, -0.05) is 70.6 Å². The van der Waals surface area contributed by atoms with E-state index in [-0.39, 0.29) is 0 Å². The third-order valence-corrected chi connectivity index (χ3v) is 5.88. The van der Waals surface area contributed by atoms with Gasteiger partial charge in [0.15, 0.2) is 0 Å². The van der Waals surface area contributed by atoms with Gasteiger partial charge in [-0.25, -0.2) is 0 Å². The van der Waals surface area contributed by atoms with Gasteiger partial charge in [0, 0.05) is 0 Å². The lowest BCUT2D eigenvalue weighted by Gasteiger charge is -2.38. The molecule has 0 saturated heterocycles. The van der Waals surface area contributed by atoms with Gasteiger partial charge in [0.2, 0.25) is 0 Å². The average Bonchev–Trinajstić information content (AvgIpc) is 2.61. The van der Waals surface area contributed by atoms with Crippen LogP contribution in [-0.4, -0.2) is 28.5 Å². The van der Waals surface area contributed by atoms with Gasteiger partial charge in [0.25, 0.3) is 0 Å². The topological polar surface area (TPSA) is 49.7 Å². The van der Waals surface area contributed by atoms with Crippen molar-refractivity contribution in [2.24, 2.45) is 0 Å². The molecule has 160 valence electrons. The standard InChI is InChI=1S/C24H43BO3/c1-7-9-11-13-15-20-17-21(16-14-12-10-8-2)19-22(18-20)25(27)28-24(5,6)23(3,4)26/h17-19,26-27H,7-16H2,1-6H3. The number of hydrogen-bond acceptors (Lipinski definition) is 3. The first kappa shape index (κ1) is 25.2. The fourth-order valence-corrected chi connectivity index (χ4v) is 3.23. The lowest BCUT2D eigenvalue weighted by atomic mass is 9.75. The van der Waals surface area contributed by atoms with E-state index in [9.17, 15) is 10.1 Å². The number of hydrogen-bond donors (Lipinski definition) is 2. The summed E-state index contributed by atoms with van der Waals surface area (Å²) in [4.78, 5) is 0. The second-order valence-electron chi connectivity index (χ2n) is 9.24. The molecule has 0 fully saturated rings. The minimum Gasteiger partial charge on any atom is -0.423 e. The van der Waals surface area contributed by atoms with Crippen molar-refractivity contribution in [1.82, 2.24) is 0 Å². The van der Waals surface area contributed by atoms with E-state index in [2.05, 4.69) is 32.0 Å². The highest BCUT2D eigenvalue weighted by Gasteiger charge is 2.39. The molecule has 0 aromatic heterocycles. The van der Waals surface area contributed by atoms with Crippen molar-refractivity contribution in [2.75, 3.05) is 0 Å². The predicted octanol–water partition coefficient (Wildman–Crippen LogP) is 5.19. The molecule has 0 amide bonds. The Hall–Kier alpha value is -0.835. The third kappa shape index (κ3) is 8.67. The number of rotatable bonds is 14. The minimum atomic E-state index is -1.05. The van der Waals surface area contributed by atoms with E-state index in [1.807, 2.05) is 13.8 Å². The predicted molar refractivity (Wildman–Crippen MR) is 121 cm³/mol. The Morgan fingerprint density at radius 3 is 1.64 bits per heavy atom. The summed E-state index contributed by atoms with van der Waals surface area (Å²) in [6.07, 6.45) is 12.0. The third-order valence-electron chi connectivity index (χ3n) is 5.88. The van der Waals surface area contributed by atoms with Crippen LogP contribution >= 0.6 is 0 Å². The second kappa shape index (κ2) is 12.0. The Kier molecular flexibility index (Phi) is 10.8. The Bertz CT molecular complexity index is 533. The van der Waals surface area contributed by atoms with E-state index in [4.69, 9.17) is 4.65 Å². The van der Waals surface area contributed by atoms with Crippen LogP contribution in [0.25, 0.3) is 0 Å². The van der Waals surface area contributed by atoms with Crippen molar-refractivity contribution in [3.63, 3.8) is 0 Å². The normalized spacial score (nSPS) is 12.4. The van der Waals surface area contributed by atoms with Crippen molar-refractivity contribution < 1.29 is 14.8 Å². The minimum absolute atomic E-state index is 0.802. The molecule has 1 rings (SSSR count). The van der Waals surface area contributed by atoms with Crippen LogP contribution in [0, 0.1) is 0 Å². The first-order valence-electron chi connectivity index (χ1n) is 11.3. The van der Waals surface area contributed by atoms with Gasteiger partial charge in [0.1, 0.15) is 0 Å². The van der Waals surface area contributed by atoms with Gasteiger partial charge in [-0.2, -0.15) is 0 Å². The van der Waals surface area contributed by atoms with Gasteiger partial charge in [-0.15, -0.1) is 0 Å². The number of unbranched alkanes of at least 4 members (excludes halogenated alkanes) is 6. The first-order chi connectivity index (χ1) is 13.1. The van der Waals surface area contributed by atoms with E-state index in [1.54, 1.807) is 13.8 Å². The molecule has 1 aromatic rings. The average molecular weight is 390 g/mol. The van der Waals surface area contributed by atoms with Gasteiger partial charge in [0.05, 0.1) is 11.2 Å². The maximum Gasteiger partial charge on any atom is 0.491 e. The molecular formula is C24H43BO3. The zero-order chi connectivity index (χ0) is 21.2. The molecule has 0 unspecified atom stereocenters. The molecule has 0 atom stereocenters. The number of aryl methyl sites for hydroxylation is 2. The van der Waals surface area contributed by atoms with E-state index in [0.29, 0.717) is 0 Å². The Balaban J connectivity index is 2.93. The molecule has 28 heavy (non-hydrogen) atoms. The van der Waals surface area contributed by atoms with Crippen LogP contribution in [0.5, 0.6) is 0 Å². The molecule has 0 saturated carbocycles. The summed E-state index contributed by atoms with van der Waals surface area (Å²) < 4.78 is 5.89. The van der Waals surface area contributed by atoms with Crippen molar-refractivity contribution in [3.05, 3.63) is 29.3 Å². The highest BCUT2D eigenvalue weighted by atomic mass is 16.5. The maximum absolute atomic E-state index is 10.8. The molecule has 1 aromatic carbocycles. The van der Waals surface area contributed by atoms with E-state index in [0.717, 1.165) is 18.3 Å². The quantitative estimate of drug-likeness (QED) is 0.340. The van der Waals surface area contributed by atoms with Crippen LogP contribution in [0.1, 0.15) is 104 Å². The van der Waals surface area contributed by atoms with Crippen molar-refractivity contribution >= 4 is 12.6 Å². The van der Waals surface area contributed by atoms with Crippen LogP contribution in [0.15, 0.2) is 18.2 Å². The van der Waals surface area contributed by atoms with Crippen LogP contribution in [-0.2, 0) is 17.5 Å². The molecule has 0 bridgehead atoms. The molecule has 0 aliphatic rings. The molecule has 0 radical (unpaired) electrons. The van der Waals surface area contributed by atoms with E-state index < -0.39 is 18.3 Å². The zero-order valence-electron chi connectivity index (χ0n) is 19.2. The molecule has 0 aliphatic carbocycles. The molecule has 0 heterocycles. The zero-order valence-corrected chi connectivity index (χ0v) is 19.2. The summed E-state index contributed by atoms with van der Waals surface area (Å²) in [6, 6.07) is 6.45. The lowest BCUT2D eigenvalue weighted by molar-refractivity contribution is -0.0982. The molecule has 0 aliphatic heterocycles. The number of aliphatic hydroxyl groups is 1. The first-order valence-corrected chi connectivity index (χ1v) is 11.3. The van der Waals surface area contributed by atoms with Crippen molar-refractivity contribution in [2.45, 2.75) is 117 Å². The fraction of sp³-hybridized carbons (Fsp3) is 0.750. The summed E-state index contributed by atoms with van der Waals surface area (Å²) in [6.45, 7) is 11.5. The van der Waals surface area contributed by atoms with E-state index in [1.165, 1.54) is 62.5 Å². The largest absolute Gasteiger partial charge is 0.491 e. The molecule has 3 nitrogen and oxygen atoms in total. The van der Waals surface area contributed by atoms with Gasteiger partial charge >= 0.3 is 7.12 Å². The Morgan fingerprint density at radius 1 is 0.786 bits per heavy atom. The van der Waals surface area contributed by atoms with Crippen LogP contribution in [0.2, 0.25) is 0 Å². The lowest BCUT2D eigenvalue weighted by Crippen LogP contribution is -2.53. The van der Waals surface area contributed by atoms with E-state index >= 15 is 0 Å². The fourth-order valence-electron chi connectivity index (χ4n) is 3.23. The maximum atomic E-state index is 10.8. The second-order valence-corrected chi connectivity index (χ2v) is 9.24. The summed E-state index contributed by atoms with van der Waals surface area (Å²) in [5.74, 6) is 0. The monoisotopic (exact) mass is 390 g/mol. The molecular weight excluding hydrogens is 347 g/mol. The smallest absolute Gasteiger partial charge is 0.423 e. The highest BCUT2D eigenvalue weighted by Crippen LogP contribution is 2.25. The molecule has 2 N–H and O–H groups in total. The van der Waals surface area contributed by atoms with Crippen LogP contribution in [0.3, 0.4) is 0 Å². The molecule has 0 spiro atoms. The summed E-state index contributed by atoms with van der Waals surface area (Å²) >= 11 is 0. The van der Waals surface area contributed by atoms with Crippen molar-refractivity contribution in [3.8, 4) is 0 Å². The van der Waals surface area contributed by atoms with Crippen LogP contribution in [0.4, 0.5) is 0 Å². The van der Waals surface area contributed by atoms with Gasteiger partial charge in [-0.05, 0) is 70.0 Å². The Labute approximate surface area is 174 Å². The molecule has 4 heteroatoms. The summed E-state index contributed by atoms with van der Waals surface area (Å²) in [5, 5.41) is 21.1. The van der Waals surface area contributed by atoms with Crippen molar-refractivity contribution in [1.29, 1.82) is 0 Å². The van der Waals surface area contributed by atoms with Crippen LogP contribution < -0.4 is 5.46 Å². The highest BCUT2D eigenvalue weighted by molar-refractivity contribution is 6.60. The SMILES string of the molecule is CCCCCCc1cc(CCCCCC)cc(B(O)OC(C)(C)C(C)(C)O)c1.